The third kappa shape index (κ3) is 3.92. The molecule has 1 spiro atoms. The SMILES string of the molecule is O=C(CSc1nnnn1C1CCCC1)Nc1ccc2c(c1)OC1(CCCCC1)O2. The molecule has 1 aromatic carbocycles. The Kier molecular flexibility index (Phi) is 5.07. The van der Waals surface area contributed by atoms with Gasteiger partial charge in [-0.05, 0) is 48.2 Å². The lowest BCUT2D eigenvalue weighted by Crippen LogP contribution is -2.40. The molecule has 154 valence electrons. The number of aromatic nitrogens is 4. The summed E-state index contributed by atoms with van der Waals surface area (Å²) >= 11 is 1.37. The lowest BCUT2D eigenvalue weighted by Gasteiger charge is -2.31. The summed E-state index contributed by atoms with van der Waals surface area (Å²) in [6.07, 6.45) is 9.91. The van der Waals surface area contributed by atoms with E-state index in [0.717, 1.165) is 44.3 Å². The molecule has 29 heavy (non-hydrogen) atoms. The molecule has 1 aromatic heterocycles. The van der Waals surface area contributed by atoms with Gasteiger partial charge in [0.2, 0.25) is 11.1 Å². The van der Waals surface area contributed by atoms with Crippen LogP contribution in [0.3, 0.4) is 0 Å². The number of anilines is 1. The number of carbonyl (C=O) groups is 1. The van der Waals surface area contributed by atoms with Crippen molar-refractivity contribution < 1.29 is 14.3 Å². The Balaban J connectivity index is 1.18. The molecule has 3 aliphatic rings. The van der Waals surface area contributed by atoms with Gasteiger partial charge in [0.1, 0.15) is 0 Å². The molecule has 1 amide bonds. The molecule has 8 nitrogen and oxygen atoms in total. The van der Waals surface area contributed by atoms with Crippen molar-refractivity contribution in [3.63, 3.8) is 0 Å². The van der Waals surface area contributed by atoms with Crippen molar-refractivity contribution >= 4 is 23.4 Å². The van der Waals surface area contributed by atoms with Crippen LogP contribution in [0, 0.1) is 0 Å². The van der Waals surface area contributed by atoms with Crippen LogP contribution in [0.25, 0.3) is 0 Å². The number of rotatable bonds is 5. The van der Waals surface area contributed by atoms with E-state index >= 15 is 0 Å². The minimum Gasteiger partial charge on any atom is -0.448 e. The van der Waals surface area contributed by atoms with Gasteiger partial charge in [-0.3, -0.25) is 4.79 Å². The summed E-state index contributed by atoms with van der Waals surface area (Å²) in [6.45, 7) is 0. The van der Waals surface area contributed by atoms with Gasteiger partial charge in [0.05, 0.1) is 11.8 Å². The van der Waals surface area contributed by atoms with Gasteiger partial charge in [0, 0.05) is 24.6 Å². The first-order valence-electron chi connectivity index (χ1n) is 10.4. The monoisotopic (exact) mass is 415 g/mol. The van der Waals surface area contributed by atoms with Crippen LogP contribution in [0.1, 0.15) is 63.8 Å². The standard InChI is InChI=1S/C20H25N5O3S/c26-18(13-29-19-22-23-24-25(19)15-6-2-3-7-15)21-14-8-9-16-17(12-14)28-20(27-16)10-4-1-5-11-20/h8-9,12,15H,1-7,10-11,13H2,(H,21,26). The second-order valence-electron chi connectivity index (χ2n) is 8.02. The van der Waals surface area contributed by atoms with E-state index in [4.69, 9.17) is 9.47 Å². The normalized spacial score (nSPS) is 20.3. The van der Waals surface area contributed by atoms with E-state index < -0.39 is 5.79 Å². The van der Waals surface area contributed by atoms with E-state index in [9.17, 15) is 4.79 Å². The van der Waals surface area contributed by atoms with Crippen molar-refractivity contribution in [1.82, 2.24) is 20.2 Å². The molecular formula is C20H25N5O3S. The fourth-order valence-electron chi connectivity index (χ4n) is 4.45. The number of thioether (sulfide) groups is 1. The molecule has 2 heterocycles. The number of hydrogen-bond donors (Lipinski definition) is 1. The minimum atomic E-state index is -0.504. The van der Waals surface area contributed by atoms with Crippen LogP contribution in [0.2, 0.25) is 0 Å². The Labute approximate surface area is 173 Å². The predicted molar refractivity (Wildman–Crippen MR) is 108 cm³/mol. The summed E-state index contributed by atoms with van der Waals surface area (Å²) in [4.78, 5) is 12.5. The van der Waals surface area contributed by atoms with Gasteiger partial charge >= 0.3 is 0 Å². The van der Waals surface area contributed by atoms with Gasteiger partial charge in [-0.1, -0.05) is 31.0 Å². The zero-order chi connectivity index (χ0) is 19.7. The van der Waals surface area contributed by atoms with Gasteiger partial charge in [-0.15, -0.1) is 5.10 Å². The number of tetrazole rings is 1. The molecule has 2 aliphatic carbocycles. The average molecular weight is 416 g/mol. The molecule has 2 fully saturated rings. The number of hydrogen-bond acceptors (Lipinski definition) is 7. The van der Waals surface area contributed by atoms with E-state index in [-0.39, 0.29) is 11.7 Å². The van der Waals surface area contributed by atoms with Crippen LogP contribution in [0.5, 0.6) is 11.5 Å². The van der Waals surface area contributed by atoms with Gasteiger partial charge in [-0.25, -0.2) is 4.68 Å². The number of nitrogens with one attached hydrogen (secondary N) is 1. The number of benzene rings is 1. The molecule has 0 bridgehead atoms. The maximum Gasteiger partial charge on any atom is 0.251 e. The van der Waals surface area contributed by atoms with Crippen LogP contribution < -0.4 is 14.8 Å². The Hall–Kier alpha value is -2.29. The molecule has 0 unspecified atom stereocenters. The zero-order valence-electron chi connectivity index (χ0n) is 16.3. The average Bonchev–Trinajstić information content (AvgIpc) is 3.46. The summed E-state index contributed by atoms with van der Waals surface area (Å²) < 4.78 is 14.1. The lowest BCUT2D eigenvalue weighted by molar-refractivity contribution is -0.113. The number of fused-ring (bicyclic) bond motifs is 1. The fourth-order valence-corrected chi connectivity index (χ4v) is 5.20. The molecule has 2 aromatic rings. The third-order valence-corrected chi connectivity index (χ3v) is 6.83. The lowest BCUT2D eigenvalue weighted by atomic mass is 9.94. The third-order valence-electron chi connectivity index (χ3n) is 5.90. The van der Waals surface area contributed by atoms with E-state index in [2.05, 4.69) is 20.8 Å². The predicted octanol–water partition coefficient (Wildman–Crippen LogP) is 3.95. The molecule has 2 saturated carbocycles. The molecule has 5 rings (SSSR count). The number of amides is 1. The summed E-state index contributed by atoms with van der Waals surface area (Å²) in [5.41, 5.74) is 0.709. The van der Waals surface area contributed by atoms with Gasteiger partial charge in [0.25, 0.3) is 5.79 Å². The maximum atomic E-state index is 12.5. The van der Waals surface area contributed by atoms with Gasteiger partial charge in [0.15, 0.2) is 11.5 Å². The van der Waals surface area contributed by atoms with E-state index in [1.165, 1.54) is 31.0 Å². The largest absolute Gasteiger partial charge is 0.448 e. The smallest absolute Gasteiger partial charge is 0.251 e. The van der Waals surface area contributed by atoms with Crippen molar-refractivity contribution in [2.24, 2.45) is 0 Å². The Morgan fingerprint density at radius 2 is 1.93 bits per heavy atom. The van der Waals surface area contributed by atoms with Crippen molar-refractivity contribution in [2.45, 2.75) is 74.8 Å². The topological polar surface area (TPSA) is 91.2 Å². The van der Waals surface area contributed by atoms with Crippen LogP contribution in [-0.2, 0) is 4.79 Å². The second-order valence-corrected chi connectivity index (χ2v) is 8.96. The highest BCUT2D eigenvalue weighted by Crippen LogP contribution is 2.46. The van der Waals surface area contributed by atoms with Crippen molar-refractivity contribution in [1.29, 1.82) is 0 Å². The highest BCUT2D eigenvalue weighted by Gasteiger charge is 2.42. The quantitative estimate of drug-likeness (QED) is 0.739. The molecular weight excluding hydrogens is 390 g/mol. The Bertz CT molecular complexity index is 890. The summed E-state index contributed by atoms with van der Waals surface area (Å²) in [5.74, 6) is 1.13. The van der Waals surface area contributed by atoms with Crippen molar-refractivity contribution in [3.05, 3.63) is 18.2 Å². The first kappa shape index (κ1) is 18.7. The zero-order valence-corrected chi connectivity index (χ0v) is 17.1. The maximum absolute atomic E-state index is 12.5. The van der Waals surface area contributed by atoms with Crippen LogP contribution in [0.4, 0.5) is 5.69 Å². The van der Waals surface area contributed by atoms with Crippen molar-refractivity contribution in [3.8, 4) is 11.5 Å². The van der Waals surface area contributed by atoms with Crippen molar-refractivity contribution in [2.75, 3.05) is 11.1 Å². The van der Waals surface area contributed by atoms with E-state index in [1.807, 2.05) is 22.9 Å². The number of ether oxygens (including phenoxy) is 2. The van der Waals surface area contributed by atoms with Gasteiger partial charge in [-0.2, -0.15) is 0 Å². The Morgan fingerprint density at radius 1 is 1.14 bits per heavy atom. The molecule has 1 aliphatic heterocycles. The molecule has 0 radical (unpaired) electrons. The highest BCUT2D eigenvalue weighted by atomic mass is 32.2. The highest BCUT2D eigenvalue weighted by molar-refractivity contribution is 7.99. The van der Waals surface area contributed by atoms with Crippen LogP contribution in [-0.4, -0.2) is 37.7 Å². The fraction of sp³-hybridized carbons (Fsp3) is 0.600. The van der Waals surface area contributed by atoms with Crippen LogP contribution in [0.15, 0.2) is 23.4 Å². The number of nitrogens with zero attached hydrogens (tertiary/aromatic N) is 4. The molecule has 9 heteroatoms. The van der Waals surface area contributed by atoms with E-state index in [1.54, 1.807) is 0 Å². The minimum absolute atomic E-state index is 0.0952. The first-order chi connectivity index (χ1) is 14.2. The molecule has 0 saturated heterocycles. The summed E-state index contributed by atoms with van der Waals surface area (Å²) in [6, 6.07) is 5.94. The summed E-state index contributed by atoms with van der Waals surface area (Å²) in [5, 5.41) is 15.6. The molecule has 0 atom stereocenters. The molecule has 1 N–H and O–H groups in total. The Morgan fingerprint density at radius 3 is 2.76 bits per heavy atom. The van der Waals surface area contributed by atoms with E-state index in [0.29, 0.717) is 22.6 Å². The van der Waals surface area contributed by atoms with Gasteiger partial charge < -0.3 is 14.8 Å². The summed E-state index contributed by atoms with van der Waals surface area (Å²) in [7, 11) is 0. The number of carbonyl (C=O) groups excluding carboxylic acids is 1. The second kappa shape index (κ2) is 7.85. The first-order valence-corrected chi connectivity index (χ1v) is 11.4. The van der Waals surface area contributed by atoms with Crippen LogP contribution >= 0.6 is 11.8 Å².